The maximum Gasteiger partial charge on any atom is 0.338 e. The molecule has 3 N–H and O–H groups in total. The lowest BCUT2D eigenvalue weighted by atomic mass is 9.89. The number of hydrogen-bond acceptors (Lipinski definition) is 9. The number of fused-ring (bicyclic) bond motifs is 2. The van der Waals surface area contributed by atoms with Crippen LogP contribution in [0.2, 0.25) is 0 Å². The Bertz CT molecular complexity index is 3050. The molecule has 6 heterocycles. The molecule has 1 unspecified atom stereocenters. The molecule has 336 valence electrons. The number of amides is 2. The molecule has 65 heavy (non-hydrogen) atoms. The van der Waals surface area contributed by atoms with Gasteiger partial charge in [-0.15, -0.1) is 0 Å². The molecule has 2 amide bonds. The summed E-state index contributed by atoms with van der Waals surface area (Å²) in [6, 6.07) is 10.1. The van der Waals surface area contributed by atoms with E-state index in [1.54, 1.807) is 43.0 Å². The van der Waals surface area contributed by atoms with Gasteiger partial charge in [0.25, 0.3) is 5.91 Å². The van der Waals surface area contributed by atoms with Crippen LogP contribution in [-0.2, 0) is 19.8 Å². The molecule has 1 saturated heterocycles. The Morgan fingerprint density at radius 1 is 1.02 bits per heavy atom. The number of aliphatic imine (C=N–C) groups is 1. The molecule has 0 radical (unpaired) electrons. The minimum absolute atomic E-state index is 0.0302. The van der Waals surface area contributed by atoms with Crippen molar-refractivity contribution in [3.05, 3.63) is 129 Å². The number of pyridine rings is 1. The van der Waals surface area contributed by atoms with Crippen LogP contribution in [0, 0.1) is 25.5 Å². The van der Waals surface area contributed by atoms with E-state index in [-0.39, 0.29) is 42.3 Å². The minimum atomic E-state index is -0.816. The van der Waals surface area contributed by atoms with Gasteiger partial charge in [0.15, 0.2) is 11.7 Å². The topological polar surface area (TPSA) is 168 Å². The number of amidine groups is 1. The zero-order valence-electron chi connectivity index (χ0n) is 36.7. The van der Waals surface area contributed by atoms with E-state index < -0.39 is 23.0 Å². The van der Waals surface area contributed by atoms with E-state index >= 15 is 9.18 Å². The summed E-state index contributed by atoms with van der Waals surface area (Å²) in [5, 5.41) is 11.7. The smallest absolute Gasteiger partial charge is 0.338 e. The third-order valence-electron chi connectivity index (χ3n) is 13.6. The molecule has 3 fully saturated rings. The number of carbonyl (C=O) groups excluding carboxylic acids is 2. The van der Waals surface area contributed by atoms with Gasteiger partial charge in [-0.2, -0.15) is 5.10 Å². The number of rotatable bonds is 10. The molecule has 4 aromatic heterocycles. The second kappa shape index (κ2) is 16.3. The van der Waals surface area contributed by atoms with Gasteiger partial charge in [0.2, 0.25) is 6.41 Å². The van der Waals surface area contributed by atoms with Crippen molar-refractivity contribution in [2.75, 3.05) is 26.9 Å². The summed E-state index contributed by atoms with van der Waals surface area (Å²) in [4.78, 5) is 53.9. The van der Waals surface area contributed by atoms with Gasteiger partial charge in [0, 0.05) is 67.8 Å². The number of nitrogens with zero attached hydrogens (tertiary/aromatic N) is 8. The summed E-state index contributed by atoms with van der Waals surface area (Å²) in [6.45, 7) is 6.70. The molecular weight excluding hydrogens is 835 g/mol. The van der Waals surface area contributed by atoms with Gasteiger partial charge < -0.3 is 29.9 Å². The van der Waals surface area contributed by atoms with Crippen LogP contribution in [0.15, 0.2) is 93.6 Å². The van der Waals surface area contributed by atoms with Crippen molar-refractivity contribution in [3.8, 4) is 5.69 Å². The molecule has 17 heteroatoms. The van der Waals surface area contributed by atoms with Gasteiger partial charge in [-0.05, 0) is 112 Å². The van der Waals surface area contributed by atoms with Crippen LogP contribution in [0.5, 0.6) is 0 Å². The highest BCUT2D eigenvalue weighted by molar-refractivity contribution is 6.09. The van der Waals surface area contributed by atoms with Crippen LogP contribution >= 0.6 is 0 Å². The summed E-state index contributed by atoms with van der Waals surface area (Å²) < 4.78 is 43.3. The zero-order valence-corrected chi connectivity index (χ0v) is 36.7. The van der Waals surface area contributed by atoms with Crippen molar-refractivity contribution in [2.45, 2.75) is 89.1 Å². The van der Waals surface area contributed by atoms with Crippen LogP contribution in [0.25, 0.3) is 22.1 Å². The molecule has 2 aliphatic heterocycles. The first-order chi connectivity index (χ1) is 31.4. The van der Waals surface area contributed by atoms with Crippen molar-refractivity contribution in [2.24, 2.45) is 15.9 Å². The number of benzene rings is 2. The number of nitrogens with one attached hydrogen (secondary N) is 1. The highest BCUT2D eigenvalue weighted by Gasteiger charge is 2.54. The number of aromatic nitrogens is 5. The van der Waals surface area contributed by atoms with Crippen molar-refractivity contribution >= 4 is 46.1 Å². The molecule has 1 atom stereocenters. The Kier molecular flexibility index (Phi) is 10.5. The highest BCUT2D eigenvalue weighted by Crippen LogP contribution is 2.53. The summed E-state index contributed by atoms with van der Waals surface area (Å²) in [6.07, 6.45) is 14.1. The molecule has 2 aliphatic carbocycles. The molecule has 0 bridgehead atoms. The molecule has 2 aromatic carbocycles. The van der Waals surface area contributed by atoms with Gasteiger partial charge in [-0.3, -0.25) is 23.4 Å². The van der Waals surface area contributed by atoms with Crippen molar-refractivity contribution in [1.82, 2.24) is 33.5 Å². The van der Waals surface area contributed by atoms with E-state index in [0.29, 0.717) is 94.3 Å². The second-order valence-electron chi connectivity index (χ2n) is 17.7. The predicted octanol–water partition coefficient (Wildman–Crippen LogP) is 6.83. The number of imidazole rings is 1. The Morgan fingerprint density at radius 2 is 1.75 bits per heavy atom. The quantitative estimate of drug-likeness (QED) is 0.0659. The van der Waals surface area contributed by atoms with Crippen LogP contribution in [0.4, 0.5) is 14.5 Å². The first-order valence-electron chi connectivity index (χ1n) is 22.1. The number of hydrogen-bond donors (Lipinski definition) is 2. The normalized spacial score (nSPS) is 19.4. The van der Waals surface area contributed by atoms with E-state index in [2.05, 4.69) is 27.8 Å². The molecule has 4 aliphatic rings. The standard InChI is InChI=1S/C48H50F2N10O5/c1-27-21-32(22-28(2)42(27)49)54-44(59-18-17-58(47(59)63)39-10-9-37-34(43(39)50)23-53-60(37)33-6-7-33)40-29(3)57(16-11-36(40)51)45(62)35-25-56-24-31(30-12-19-65-20-13-30)5-8-38(56)41(35)48(14-15-48)46(52-26-61)55-64-4/h5,8-10,17-18,21-26,29-30,33H,6-7,11-16,19-20,51H2,1-4H3,(H,52,55,61). The lowest BCUT2D eigenvalue weighted by Gasteiger charge is -2.37. The van der Waals surface area contributed by atoms with Crippen LogP contribution < -0.4 is 16.7 Å². The Balaban J connectivity index is 1.08. The third kappa shape index (κ3) is 7.12. The number of nitrogens with two attached hydrogens (primary N) is 1. The summed E-state index contributed by atoms with van der Waals surface area (Å²) in [7, 11) is 1.41. The number of carbonyl (C=O) groups is 2. The Morgan fingerprint density at radius 3 is 2.45 bits per heavy atom. The lowest BCUT2D eigenvalue weighted by molar-refractivity contribution is -0.108. The Hall–Kier alpha value is -6.88. The monoisotopic (exact) mass is 884 g/mol. The van der Waals surface area contributed by atoms with E-state index in [4.69, 9.17) is 20.3 Å². The highest BCUT2D eigenvalue weighted by atomic mass is 19.1. The fourth-order valence-corrected chi connectivity index (χ4v) is 9.97. The fraction of sp³-hybridized carbons (Fsp3) is 0.375. The Labute approximate surface area is 372 Å². The number of halogens is 2. The van der Waals surface area contributed by atoms with Crippen molar-refractivity contribution < 1.29 is 27.9 Å². The zero-order chi connectivity index (χ0) is 45.3. The molecule has 15 nitrogen and oxygen atoms in total. The van der Waals surface area contributed by atoms with Crippen molar-refractivity contribution in [1.29, 1.82) is 0 Å². The first kappa shape index (κ1) is 42.1. The molecular formula is C48H50F2N10O5. The SMILES string of the molecule is CO/N=C(\NC=O)C1(c2c(C(=O)N3CCC(N)=C(C(=Nc4cc(C)c(F)c(C)c4)n4ccn(-c5ccc6c(cnn6C6CC6)c5F)c4=O)C3C)cn3cc(C4CCOCC4)ccc23)CC1. The van der Waals surface area contributed by atoms with E-state index in [0.717, 1.165) is 36.8 Å². The first-order valence-corrected chi connectivity index (χ1v) is 22.1. The number of oxime groups is 1. The molecule has 0 spiro atoms. The van der Waals surface area contributed by atoms with Crippen LogP contribution in [0.1, 0.15) is 96.4 Å². The average molecular weight is 885 g/mol. The summed E-state index contributed by atoms with van der Waals surface area (Å²) >= 11 is 0. The van der Waals surface area contributed by atoms with Crippen molar-refractivity contribution in [3.63, 3.8) is 0 Å². The second-order valence-corrected chi connectivity index (χ2v) is 17.7. The van der Waals surface area contributed by atoms with E-state index in [1.807, 2.05) is 28.3 Å². The minimum Gasteiger partial charge on any atom is -0.402 e. The third-order valence-corrected chi connectivity index (χ3v) is 13.6. The van der Waals surface area contributed by atoms with Gasteiger partial charge in [0.05, 0.1) is 57.1 Å². The predicted molar refractivity (Wildman–Crippen MR) is 241 cm³/mol. The van der Waals surface area contributed by atoms with Gasteiger partial charge in [0.1, 0.15) is 18.8 Å². The largest absolute Gasteiger partial charge is 0.402 e. The lowest BCUT2D eigenvalue weighted by Crippen LogP contribution is -2.48. The van der Waals surface area contributed by atoms with E-state index in [9.17, 15) is 14.0 Å². The number of aryl methyl sites for hydroxylation is 2. The average Bonchev–Trinajstić information content (AvgIpc) is 4.19. The summed E-state index contributed by atoms with van der Waals surface area (Å²) in [5.41, 5.74) is 11.1. The van der Waals surface area contributed by atoms with Crippen LogP contribution in [0.3, 0.4) is 0 Å². The maximum atomic E-state index is 16.3. The summed E-state index contributed by atoms with van der Waals surface area (Å²) in [5.74, 6) is -0.567. The molecule has 2 saturated carbocycles. The van der Waals surface area contributed by atoms with Gasteiger partial charge in [-0.25, -0.2) is 18.6 Å². The number of ether oxygens (including phenoxy) is 1. The van der Waals surface area contributed by atoms with Gasteiger partial charge in [-0.1, -0.05) is 11.2 Å². The van der Waals surface area contributed by atoms with Gasteiger partial charge >= 0.3 is 5.69 Å². The maximum absolute atomic E-state index is 16.3. The van der Waals surface area contributed by atoms with E-state index in [1.165, 1.54) is 34.8 Å². The fourth-order valence-electron chi connectivity index (χ4n) is 9.97. The molecule has 6 aromatic rings. The van der Waals surface area contributed by atoms with Crippen LogP contribution in [-0.4, -0.2) is 85.1 Å². The molecule has 10 rings (SSSR count).